The van der Waals surface area contributed by atoms with E-state index in [4.69, 9.17) is 4.74 Å². The highest BCUT2D eigenvalue weighted by atomic mass is 16.6. The molecule has 2 saturated heterocycles. The molecule has 1 amide bonds. The number of piperidine rings is 1. The summed E-state index contributed by atoms with van der Waals surface area (Å²) in [5.41, 5.74) is -0.671. The SMILES string of the molecule is CC(C)(C)OC(=O)N1CC2(CCNCC2)C[C@@H]1C(=O)O. The molecule has 0 aromatic rings. The van der Waals surface area contributed by atoms with Crippen LogP contribution in [-0.2, 0) is 9.53 Å². The Morgan fingerprint density at radius 1 is 1.30 bits per heavy atom. The molecule has 2 heterocycles. The van der Waals surface area contributed by atoms with E-state index in [1.165, 1.54) is 4.90 Å². The van der Waals surface area contributed by atoms with Gasteiger partial charge in [0.2, 0.25) is 0 Å². The van der Waals surface area contributed by atoms with Gasteiger partial charge in [0, 0.05) is 6.54 Å². The second-order valence-corrected chi connectivity index (χ2v) is 6.92. The average molecular weight is 284 g/mol. The lowest BCUT2D eigenvalue weighted by molar-refractivity contribution is -0.142. The highest BCUT2D eigenvalue weighted by Gasteiger charge is 2.50. The Bertz CT molecular complexity index is 396. The van der Waals surface area contributed by atoms with E-state index in [0.717, 1.165) is 25.9 Å². The van der Waals surface area contributed by atoms with Crippen molar-refractivity contribution in [2.24, 2.45) is 5.41 Å². The molecule has 2 N–H and O–H groups in total. The fourth-order valence-corrected chi connectivity index (χ4v) is 3.11. The monoisotopic (exact) mass is 284 g/mol. The molecule has 0 aromatic carbocycles. The Morgan fingerprint density at radius 3 is 2.40 bits per heavy atom. The van der Waals surface area contributed by atoms with Crippen molar-refractivity contribution in [3.05, 3.63) is 0 Å². The summed E-state index contributed by atoms with van der Waals surface area (Å²) in [7, 11) is 0. The van der Waals surface area contributed by atoms with E-state index in [0.29, 0.717) is 13.0 Å². The predicted molar refractivity (Wildman–Crippen MR) is 73.5 cm³/mol. The summed E-state index contributed by atoms with van der Waals surface area (Å²) in [6, 6.07) is -0.761. The van der Waals surface area contributed by atoms with E-state index >= 15 is 0 Å². The second-order valence-electron chi connectivity index (χ2n) is 6.92. The summed E-state index contributed by atoms with van der Waals surface area (Å²) >= 11 is 0. The quantitative estimate of drug-likeness (QED) is 0.762. The second kappa shape index (κ2) is 5.24. The molecule has 2 aliphatic heterocycles. The molecule has 1 atom stereocenters. The van der Waals surface area contributed by atoms with Crippen LogP contribution >= 0.6 is 0 Å². The average Bonchev–Trinajstić information content (AvgIpc) is 2.68. The molecule has 0 aliphatic carbocycles. The van der Waals surface area contributed by atoms with Crippen molar-refractivity contribution in [2.75, 3.05) is 19.6 Å². The van der Waals surface area contributed by atoms with Gasteiger partial charge < -0.3 is 15.2 Å². The van der Waals surface area contributed by atoms with Crippen LogP contribution in [0.25, 0.3) is 0 Å². The number of rotatable bonds is 1. The summed E-state index contributed by atoms with van der Waals surface area (Å²) in [6.45, 7) is 7.62. The minimum Gasteiger partial charge on any atom is -0.480 e. The molecule has 20 heavy (non-hydrogen) atoms. The molecule has 114 valence electrons. The molecule has 6 heteroatoms. The number of carbonyl (C=O) groups is 2. The van der Waals surface area contributed by atoms with Crippen molar-refractivity contribution >= 4 is 12.1 Å². The van der Waals surface area contributed by atoms with Crippen molar-refractivity contribution in [1.29, 1.82) is 0 Å². The molecule has 1 spiro atoms. The fourth-order valence-electron chi connectivity index (χ4n) is 3.11. The van der Waals surface area contributed by atoms with E-state index < -0.39 is 23.7 Å². The van der Waals surface area contributed by atoms with Crippen LogP contribution in [0.1, 0.15) is 40.0 Å². The number of aliphatic carboxylic acids is 1. The molecule has 0 unspecified atom stereocenters. The minimum absolute atomic E-state index is 0.0643. The topological polar surface area (TPSA) is 78.9 Å². The number of ether oxygens (including phenoxy) is 1. The minimum atomic E-state index is -0.939. The lowest BCUT2D eigenvalue weighted by Gasteiger charge is -2.33. The third kappa shape index (κ3) is 3.23. The Morgan fingerprint density at radius 2 is 1.90 bits per heavy atom. The first-order valence-corrected chi connectivity index (χ1v) is 7.16. The molecule has 2 aliphatic rings. The first-order chi connectivity index (χ1) is 9.22. The van der Waals surface area contributed by atoms with Crippen LogP contribution in [0.3, 0.4) is 0 Å². The van der Waals surface area contributed by atoms with Gasteiger partial charge in [0.1, 0.15) is 11.6 Å². The summed E-state index contributed by atoms with van der Waals surface area (Å²) in [5.74, 6) is -0.939. The van der Waals surface area contributed by atoms with Gasteiger partial charge in [-0.05, 0) is 58.5 Å². The Kier molecular flexibility index (Phi) is 3.95. The van der Waals surface area contributed by atoms with Crippen molar-refractivity contribution in [2.45, 2.75) is 51.7 Å². The summed E-state index contributed by atoms with van der Waals surface area (Å²) < 4.78 is 5.34. The maximum atomic E-state index is 12.2. The number of carbonyl (C=O) groups excluding carboxylic acids is 1. The van der Waals surface area contributed by atoms with Crippen LogP contribution in [0.5, 0.6) is 0 Å². The smallest absolute Gasteiger partial charge is 0.411 e. The predicted octanol–water partition coefficient (Wildman–Crippen LogP) is 1.45. The van der Waals surface area contributed by atoms with Crippen LogP contribution in [0.2, 0.25) is 0 Å². The molecule has 0 bridgehead atoms. The third-order valence-electron chi connectivity index (χ3n) is 4.09. The van der Waals surface area contributed by atoms with Gasteiger partial charge in [0.15, 0.2) is 0 Å². The zero-order chi connectivity index (χ0) is 15.0. The maximum Gasteiger partial charge on any atom is 0.411 e. The molecular formula is C14H24N2O4. The van der Waals surface area contributed by atoms with Crippen LogP contribution in [0.4, 0.5) is 4.79 Å². The number of nitrogens with one attached hydrogen (secondary N) is 1. The highest BCUT2D eigenvalue weighted by Crippen LogP contribution is 2.42. The number of nitrogens with zero attached hydrogens (tertiary/aromatic N) is 1. The van der Waals surface area contributed by atoms with Gasteiger partial charge in [-0.1, -0.05) is 0 Å². The van der Waals surface area contributed by atoms with E-state index in [1.807, 2.05) is 0 Å². The molecule has 2 rings (SSSR count). The van der Waals surface area contributed by atoms with Crippen LogP contribution in [0, 0.1) is 5.41 Å². The number of hydrogen-bond donors (Lipinski definition) is 2. The number of carboxylic acids is 1. The molecule has 0 saturated carbocycles. The largest absolute Gasteiger partial charge is 0.480 e. The third-order valence-corrected chi connectivity index (χ3v) is 4.09. The van der Waals surface area contributed by atoms with Gasteiger partial charge in [-0.25, -0.2) is 9.59 Å². The van der Waals surface area contributed by atoms with Gasteiger partial charge in [-0.3, -0.25) is 4.90 Å². The lowest BCUT2D eigenvalue weighted by atomic mass is 9.77. The molecular weight excluding hydrogens is 260 g/mol. The van der Waals surface area contributed by atoms with Gasteiger partial charge >= 0.3 is 12.1 Å². The molecule has 0 aromatic heterocycles. The Labute approximate surface area is 119 Å². The van der Waals surface area contributed by atoms with Crippen LogP contribution in [0.15, 0.2) is 0 Å². The van der Waals surface area contributed by atoms with E-state index in [9.17, 15) is 14.7 Å². The van der Waals surface area contributed by atoms with E-state index in [1.54, 1.807) is 20.8 Å². The van der Waals surface area contributed by atoms with Crippen molar-refractivity contribution < 1.29 is 19.4 Å². The maximum absolute atomic E-state index is 12.2. The summed E-state index contributed by atoms with van der Waals surface area (Å²) in [4.78, 5) is 25.1. The van der Waals surface area contributed by atoms with E-state index in [2.05, 4.69) is 5.32 Å². The Balaban J connectivity index is 2.13. The summed E-state index contributed by atoms with van der Waals surface area (Å²) in [6.07, 6.45) is 1.84. The molecule has 0 radical (unpaired) electrons. The zero-order valence-corrected chi connectivity index (χ0v) is 12.4. The van der Waals surface area contributed by atoms with Gasteiger partial charge in [0.05, 0.1) is 0 Å². The first kappa shape index (κ1) is 15.1. The molecule has 6 nitrogen and oxygen atoms in total. The zero-order valence-electron chi connectivity index (χ0n) is 12.4. The van der Waals surface area contributed by atoms with Crippen molar-refractivity contribution in [1.82, 2.24) is 10.2 Å². The van der Waals surface area contributed by atoms with Gasteiger partial charge in [-0.2, -0.15) is 0 Å². The van der Waals surface area contributed by atoms with Gasteiger partial charge in [-0.15, -0.1) is 0 Å². The van der Waals surface area contributed by atoms with Crippen molar-refractivity contribution in [3.63, 3.8) is 0 Å². The highest BCUT2D eigenvalue weighted by molar-refractivity contribution is 5.81. The number of likely N-dealkylation sites (tertiary alicyclic amines) is 1. The van der Waals surface area contributed by atoms with Crippen molar-refractivity contribution in [3.8, 4) is 0 Å². The van der Waals surface area contributed by atoms with Crippen LogP contribution in [-0.4, -0.2) is 53.3 Å². The number of carboxylic acid groups (broad SMARTS) is 1. The van der Waals surface area contributed by atoms with Crippen LogP contribution < -0.4 is 5.32 Å². The molecule has 2 fully saturated rings. The van der Waals surface area contributed by atoms with Gasteiger partial charge in [0.25, 0.3) is 0 Å². The lowest BCUT2D eigenvalue weighted by Crippen LogP contribution is -2.44. The summed E-state index contributed by atoms with van der Waals surface area (Å²) in [5, 5.41) is 12.7. The standard InChI is InChI=1S/C14H24N2O4/c1-13(2,3)20-12(19)16-9-14(4-6-15-7-5-14)8-10(16)11(17)18/h10,15H,4-9H2,1-3H3,(H,17,18)/t10-/m1/s1. The Hall–Kier alpha value is -1.30. The number of hydrogen-bond acceptors (Lipinski definition) is 4. The van der Waals surface area contributed by atoms with E-state index in [-0.39, 0.29) is 5.41 Å². The number of amides is 1. The fraction of sp³-hybridized carbons (Fsp3) is 0.857. The normalized spacial score (nSPS) is 25.8. The first-order valence-electron chi connectivity index (χ1n) is 7.16.